The Kier molecular flexibility index (Phi) is 54.8. The van der Waals surface area contributed by atoms with Crippen molar-refractivity contribution in [1.29, 1.82) is 0 Å². The molecule has 2 aromatic carbocycles. The molecule has 0 spiro atoms. The molecule has 0 aliphatic rings. The van der Waals surface area contributed by atoms with Gasteiger partial charge in [-0.1, -0.05) is 350 Å². The Morgan fingerprint density at radius 3 is 0.750 bits per heavy atom. The number of anilines is 1. The van der Waals surface area contributed by atoms with Gasteiger partial charge in [-0.3, -0.25) is 0 Å². The summed E-state index contributed by atoms with van der Waals surface area (Å²) < 4.78 is 28.6. The van der Waals surface area contributed by atoms with Crippen molar-refractivity contribution >= 4 is 5.69 Å². The molecule has 490 valence electrons. The van der Waals surface area contributed by atoms with Gasteiger partial charge in [-0.05, 0) is 98.2 Å². The van der Waals surface area contributed by atoms with Crippen LogP contribution in [0.4, 0.5) is 5.69 Å². The first-order valence-corrected chi connectivity index (χ1v) is 38.0. The van der Waals surface area contributed by atoms with Crippen molar-refractivity contribution in [2.45, 2.75) is 395 Å². The minimum absolute atomic E-state index is 0.427. The third-order valence-corrected chi connectivity index (χ3v) is 18.6. The zero-order valence-corrected chi connectivity index (χ0v) is 57.4. The minimum atomic E-state index is 0.427. The van der Waals surface area contributed by atoms with Gasteiger partial charge in [-0.25, -0.2) is 0 Å². The maximum atomic E-state index is 7.38. The van der Waals surface area contributed by atoms with E-state index < -0.39 is 0 Å². The summed E-state index contributed by atoms with van der Waals surface area (Å²) in [6, 6.07) is 12.4. The summed E-state index contributed by atoms with van der Waals surface area (Å²) >= 11 is 0. The first kappa shape index (κ1) is 77.5. The van der Waals surface area contributed by atoms with E-state index in [0.717, 1.165) is 54.1 Å². The average molecular weight is 1170 g/mol. The molecule has 0 aromatic heterocycles. The Hall–Kier alpha value is -2.56. The van der Waals surface area contributed by atoms with Crippen LogP contribution in [0, 0.1) is 17.8 Å². The van der Waals surface area contributed by atoms with Crippen LogP contribution in [0.1, 0.15) is 394 Å². The highest BCUT2D eigenvalue weighted by atomic mass is 16.5. The number of unbranched alkanes of at least 4 members (excludes halogenated alkanes) is 42. The molecule has 2 aromatic rings. The number of benzene rings is 2. The van der Waals surface area contributed by atoms with Crippen LogP contribution >= 0.6 is 0 Å². The lowest BCUT2D eigenvalue weighted by atomic mass is 9.94. The molecule has 0 atom stereocenters. The second-order valence-corrected chi connectivity index (χ2v) is 26.9. The summed E-state index contributed by atoms with van der Waals surface area (Å²) in [6.07, 6.45) is 72.6. The van der Waals surface area contributed by atoms with Gasteiger partial charge in [0.05, 0.1) is 19.8 Å². The van der Waals surface area contributed by atoms with Crippen molar-refractivity contribution in [3.8, 4) is 23.0 Å². The van der Waals surface area contributed by atoms with Gasteiger partial charge >= 0.3 is 0 Å². The van der Waals surface area contributed by atoms with Crippen LogP contribution in [-0.4, -0.2) is 19.8 Å². The fourth-order valence-electron chi connectivity index (χ4n) is 12.8. The molecule has 0 aliphatic carbocycles. The van der Waals surface area contributed by atoms with Gasteiger partial charge in [0, 0.05) is 5.69 Å². The van der Waals surface area contributed by atoms with Gasteiger partial charge in [0.2, 0.25) is 5.75 Å². The Morgan fingerprint density at radius 1 is 0.274 bits per heavy atom. The summed E-state index contributed by atoms with van der Waals surface area (Å²) in [4.78, 5) is 0. The molecule has 2 rings (SSSR count). The van der Waals surface area contributed by atoms with Crippen molar-refractivity contribution in [3.05, 3.63) is 42.0 Å². The number of ether oxygens (including phenoxy) is 4. The predicted octanol–water partition coefficient (Wildman–Crippen LogP) is 27.0. The third-order valence-electron chi connectivity index (χ3n) is 18.6. The van der Waals surface area contributed by atoms with E-state index in [9.17, 15) is 0 Å². The van der Waals surface area contributed by atoms with Crippen molar-refractivity contribution in [1.82, 2.24) is 0 Å². The lowest BCUT2D eigenvalue weighted by Crippen LogP contribution is -2.17. The number of hydrogen-bond donors (Lipinski definition) is 1. The normalized spacial score (nSPS) is 11.7. The minimum Gasteiger partial charge on any atom is -0.489 e. The van der Waals surface area contributed by atoms with E-state index in [0.29, 0.717) is 24.4 Å². The molecule has 0 aliphatic heterocycles. The monoisotopic (exact) mass is 1170 g/mol. The average Bonchev–Trinajstić information content (AvgIpc) is 3.68. The van der Waals surface area contributed by atoms with Crippen LogP contribution in [0.5, 0.6) is 23.0 Å². The maximum Gasteiger partial charge on any atom is 0.203 e. The SMILES string of the molecule is CCCCCCCCCCC(CCCCCCCCCC)COc1cc(COc2ccc(N)cc2)cc(OCC(CCCCCCCCCC)CCCCCCCCCC)c1OCC(CCCCCCCCCC)CCCCCCCCCC. The smallest absolute Gasteiger partial charge is 0.203 e. The van der Waals surface area contributed by atoms with Crippen LogP contribution in [0.15, 0.2) is 36.4 Å². The van der Waals surface area contributed by atoms with Crippen LogP contribution in [-0.2, 0) is 6.61 Å². The largest absolute Gasteiger partial charge is 0.489 e. The van der Waals surface area contributed by atoms with Gasteiger partial charge in [0.25, 0.3) is 0 Å². The fraction of sp³-hybridized carbons (Fsp3) is 0.848. The Morgan fingerprint density at radius 2 is 0.500 bits per heavy atom. The number of rotatable bonds is 66. The molecule has 0 saturated carbocycles. The van der Waals surface area contributed by atoms with E-state index in [1.807, 2.05) is 24.3 Å². The van der Waals surface area contributed by atoms with E-state index in [1.54, 1.807) is 0 Å². The molecule has 84 heavy (non-hydrogen) atoms. The zero-order chi connectivity index (χ0) is 60.3. The van der Waals surface area contributed by atoms with E-state index in [1.165, 1.54) is 347 Å². The summed E-state index contributed by atoms with van der Waals surface area (Å²) in [5, 5.41) is 0. The number of nitrogen functional groups attached to an aromatic ring is 1. The molecule has 0 unspecified atom stereocenters. The second-order valence-electron chi connectivity index (χ2n) is 26.9. The highest BCUT2D eigenvalue weighted by molar-refractivity contribution is 5.54. The van der Waals surface area contributed by atoms with E-state index >= 15 is 0 Å². The van der Waals surface area contributed by atoms with Gasteiger partial charge in [-0.2, -0.15) is 0 Å². The van der Waals surface area contributed by atoms with Gasteiger partial charge in [0.15, 0.2) is 11.5 Å². The highest BCUT2D eigenvalue weighted by Gasteiger charge is 2.22. The molecule has 5 heteroatoms. The second kappa shape index (κ2) is 59.4. The standard InChI is InChI=1S/C79H145NO4/c1-7-13-19-25-31-37-43-49-55-71(56-50-44-38-32-26-20-14-8-2)67-82-77-65-74(70-81-76-63-61-75(80)62-64-76)66-78(83-68-72(57-51-45-39-33-27-21-15-9-3)58-52-46-40-34-28-22-16-10-4)79(77)84-69-73(59-53-47-41-35-29-23-17-11-5)60-54-48-42-36-30-24-18-12-6/h61-66,71-73H,7-60,67-70,80H2,1-6H3. The van der Waals surface area contributed by atoms with E-state index in [2.05, 4.69) is 53.7 Å². The van der Waals surface area contributed by atoms with Crippen LogP contribution < -0.4 is 24.7 Å². The lowest BCUT2D eigenvalue weighted by Gasteiger charge is -2.25. The molecule has 0 bridgehead atoms. The molecule has 5 nitrogen and oxygen atoms in total. The van der Waals surface area contributed by atoms with Crippen LogP contribution in [0.3, 0.4) is 0 Å². The molecular weight excluding hydrogens is 1030 g/mol. The van der Waals surface area contributed by atoms with Crippen molar-refractivity contribution in [2.24, 2.45) is 17.8 Å². The van der Waals surface area contributed by atoms with Gasteiger partial charge in [-0.15, -0.1) is 0 Å². The predicted molar refractivity (Wildman–Crippen MR) is 372 cm³/mol. The molecule has 0 heterocycles. The molecule has 0 fully saturated rings. The van der Waals surface area contributed by atoms with Gasteiger partial charge in [0.1, 0.15) is 12.4 Å². The lowest BCUT2D eigenvalue weighted by molar-refractivity contribution is 0.173. The summed E-state index contributed by atoms with van der Waals surface area (Å²) in [7, 11) is 0. The molecule has 0 radical (unpaired) electrons. The van der Waals surface area contributed by atoms with Crippen molar-refractivity contribution in [2.75, 3.05) is 25.6 Å². The first-order valence-electron chi connectivity index (χ1n) is 38.0. The number of nitrogens with two attached hydrogens (primary N) is 1. The van der Waals surface area contributed by atoms with Gasteiger partial charge < -0.3 is 24.7 Å². The molecule has 2 N–H and O–H groups in total. The van der Waals surface area contributed by atoms with E-state index in [4.69, 9.17) is 24.7 Å². The topological polar surface area (TPSA) is 62.9 Å². The van der Waals surface area contributed by atoms with Crippen LogP contribution in [0.25, 0.3) is 0 Å². The Bertz CT molecular complexity index is 1510. The molecule has 0 amide bonds. The summed E-state index contributed by atoms with van der Waals surface area (Å²) in [5.74, 6) is 4.96. The third kappa shape index (κ3) is 45.7. The maximum absolute atomic E-state index is 7.38. The highest BCUT2D eigenvalue weighted by Crippen LogP contribution is 2.42. The first-order chi connectivity index (χ1) is 41.5. The van der Waals surface area contributed by atoms with Crippen molar-refractivity contribution in [3.63, 3.8) is 0 Å². The summed E-state index contributed by atoms with van der Waals surface area (Å²) in [6.45, 7) is 16.6. The zero-order valence-electron chi connectivity index (χ0n) is 57.4. The number of hydrogen-bond acceptors (Lipinski definition) is 5. The van der Waals surface area contributed by atoms with Crippen LogP contribution in [0.2, 0.25) is 0 Å². The van der Waals surface area contributed by atoms with Crippen molar-refractivity contribution < 1.29 is 18.9 Å². The van der Waals surface area contributed by atoms with E-state index in [-0.39, 0.29) is 0 Å². The Labute approximate surface area is 525 Å². The summed E-state index contributed by atoms with van der Waals surface area (Å²) in [5.41, 5.74) is 7.97. The molecular formula is C79H145NO4. The molecule has 0 saturated heterocycles. The Balaban J connectivity index is 2.58. The fourth-order valence-corrected chi connectivity index (χ4v) is 12.8. The quantitative estimate of drug-likeness (QED) is 0.0528.